The van der Waals surface area contributed by atoms with E-state index in [0.29, 0.717) is 5.92 Å². The average Bonchev–Trinajstić information content (AvgIpc) is 3.10. The number of aromatic nitrogens is 1. The van der Waals surface area contributed by atoms with Crippen LogP contribution in [-0.2, 0) is 11.2 Å². The van der Waals surface area contributed by atoms with Gasteiger partial charge in [-0.3, -0.25) is 4.79 Å². The number of H-pyrrole nitrogens is 1. The minimum absolute atomic E-state index is 0.136. The van der Waals surface area contributed by atoms with Crippen LogP contribution in [0.15, 0.2) is 66.7 Å². The number of carbonyl (C=O) groups is 1. The van der Waals surface area contributed by atoms with E-state index in [2.05, 4.69) is 67.5 Å². The minimum atomic E-state index is -0.136. The molecule has 1 heterocycles. The van der Waals surface area contributed by atoms with Gasteiger partial charge >= 0.3 is 0 Å². The van der Waals surface area contributed by atoms with Gasteiger partial charge in [0.1, 0.15) is 0 Å². The quantitative estimate of drug-likeness (QED) is 0.373. The molecule has 0 saturated carbocycles. The Kier molecular flexibility index (Phi) is 5.22. The zero-order chi connectivity index (χ0) is 20.4. The van der Waals surface area contributed by atoms with Crippen molar-refractivity contribution in [1.29, 1.82) is 0 Å². The van der Waals surface area contributed by atoms with Crippen molar-refractivity contribution in [2.45, 2.75) is 33.1 Å². The average molecular weight is 383 g/mol. The predicted molar refractivity (Wildman–Crippen MR) is 123 cm³/mol. The second kappa shape index (κ2) is 7.96. The van der Waals surface area contributed by atoms with Crippen LogP contribution in [0.25, 0.3) is 27.9 Å². The van der Waals surface area contributed by atoms with Crippen LogP contribution in [0.1, 0.15) is 43.4 Å². The maximum absolute atomic E-state index is 12.4. The van der Waals surface area contributed by atoms with Crippen LogP contribution in [0.4, 0.5) is 5.69 Å². The molecule has 0 atom stereocenters. The van der Waals surface area contributed by atoms with E-state index in [0.717, 1.165) is 23.2 Å². The summed E-state index contributed by atoms with van der Waals surface area (Å²) >= 11 is 0. The minimum Gasteiger partial charge on any atom is -0.354 e. The van der Waals surface area contributed by atoms with Crippen LogP contribution in [0, 0.1) is 0 Å². The third kappa shape index (κ3) is 3.95. The molecule has 0 radical (unpaired) electrons. The summed E-state index contributed by atoms with van der Waals surface area (Å²) < 4.78 is 0. The van der Waals surface area contributed by atoms with Gasteiger partial charge in [0.05, 0.1) is 0 Å². The second-order valence-electron chi connectivity index (χ2n) is 7.72. The van der Waals surface area contributed by atoms with Gasteiger partial charge in [0.15, 0.2) is 0 Å². The third-order valence-corrected chi connectivity index (χ3v) is 5.40. The summed E-state index contributed by atoms with van der Waals surface area (Å²) in [5.74, 6) is 0.368. The monoisotopic (exact) mass is 382 g/mol. The molecular weight excluding hydrogens is 356 g/mol. The van der Waals surface area contributed by atoms with Gasteiger partial charge in [-0.25, -0.2) is 0 Å². The highest BCUT2D eigenvalue weighted by atomic mass is 16.1. The van der Waals surface area contributed by atoms with Gasteiger partial charge in [0, 0.05) is 33.6 Å². The standard InChI is InChI=1S/C26H26N2O/c1-4-19-6-5-7-23-22-14-13-21(16-24(22)28-26(19)23)27-25(29)15-10-18-8-11-20(12-9-18)17(2)3/h5-17,28H,4H2,1-3H3,(H,27,29)/b15-10+. The molecule has 0 unspecified atom stereocenters. The molecule has 146 valence electrons. The number of carbonyl (C=O) groups excluding carboxylic acids is 1. The summed E-state index contributed by atoms with van der Waals surface area (Å²) in [5.41, 5.74) is 6.61. The number of aryl methyl sites for hydroxylation is 1. The van der Waals surface area contributed by atoms with Gasteiger partial charge in [-0.1, -0.05) is 69.3 Å². The molecule has 29 heavy (non-hydrogen) atoms. The highest BCUT2D eigenvalue weighted by Gasteiger charge is 2.08. The van der Waals surface area contributed by atoms with E-state index >= 15 is 0 Å². The smallest absolute Gasteiger partial charge is 0.248 e. The number of aromatic amines is 1. The van der Waals surface area contributed by atoms with Gasteiger partial charge in [-0.15, -0.1) is 0 Å². The van der Waals surface area contributed by atoms with Gasteiger partial charge < -0.3 is 10.3 Å². The third-order valence-electron chi connectivity index (χ3n) is 5.40. The Hall–Kier alpha value is -3.33. The summed E-state index contributed by atoms with van der Waals surface area (Å²) in [6.07, 6.45) is 4.40. The topological polar surface area (TPSA) is 44.9 Å². The number of rotatable bonds is 5. The maximum Gasteiger partial charge on any atom is 0.248 e. The Morgan fingerprint density at radius 3 is 2.55 bits per heavy atom. The first-order valence-corrected chi connectivity index (χ1v) is 10.2. The molecule has 0 aliphatic heterocycles. The molecule has 0 saturated heterocycles. The van der Waals surface area contributed by atoms with Gasteiger partial charge in [0.2, 0.25) is 5.91 Å². The first kappa shape index (κ1) is 19.0. The molecular formula is C26H26N2O. The molecule has 3 nitrogen and oxygen atoms in total. The van der Waals surface area contributed by atoms with Crippen molar-refractivity contribution in [2.75, 3.05) is 5.32 Å². The lowest BCUT2D eigenvalue weighted by atomic mass is 10.0. The zero-order valence-electron chi connectivity index (χ0n) is 17.1. The number of amides is 1. The van der Waals surface area contributed by atoms with Crippen LogP contribution in [0.2, 0.25) is 0 Å². The molecule has 4 rings (SSSR count). The molecule has 0 fully saturated rings. The van der Waals surface area contributed by atoms with Crippen molar-refractivity contribution < 1.29 is 4.79 Å². The number of benzene rings is 3. The summed E-state index contributed by atoms with van der Waals surface area (Å²) in [6, 6.07) is 20.7. The molecule has 0 aliphatic carbocycles. The van der Waals surface area contributed by atoms with E-state index in [-0.39, 0.29) is 5.91 Å². The normalized spacial score (nSPS) is 11.7. The largest absolute Gasteiger partial charge is 0.354 e. The second-order valence-corrected chi connectivity index (χ2v) is 7.72. The number of hydrogen-bond acceptors (Lipinski definition) is 1. The number of fused-ring (bicyclic) bond motifs is 3. The van der Waals surface area contributed by atoms with E-state index in [4.69, 9.17) is 0 Å². The van der Waals surface area contributed by atoms with Gasteiger partial charge in [-0.05, 0) is 47.2 Å². The summed E-state index contributed by atoms with van der Waals surface area (Å²) in [4.78, 5) is 15.9. The van der Waals surface area contributed by atoms with Crippen molar-refractivity contribution in [3.8, 4) is 0 Å². The summed E-state index contributed by atoms with van der Waals surface area (Å²) in [5, 5.41) is 5.36. The molecule has 0 aliphatic rings. The van der Waals surface area contributed by atoms with Crippen LogP contribution in [0.5, 0.6) is 0 Å². The molecule has 4 aromatic rings. The fourth-order valence-electron chi connectivity index (χ4n) is 3.71. The van der Waals surface area contributed by atoms with E-state index in [9.17, 15) is 4.79 Å². The first-order chi connectivity index (χ1) is 14.0. The number of nitrogens with one attached hydrogen (secondary N) is 2. The van der Waals surface area contributed by atoms with E-state index in [1.807, 2.05) is 30.3 Å². The maximum atomic E-state index is 12.4. The van der Waals surface area contributed by atoms with Crippen molar-refractivity contribution in [3.05, 3.63) is 83.4 Å². The highest BCUT2D eigenvalue weighted by Crippen LogP contribution is 2.29. The number of para-hydroxylation sites is 1. The Balaban J connectivity index is 1.52. The highest BCUT2D eigenvalue weighted by molar-refractivity contribution is 6.10. The number of hydrogen-bond donors (Lipinski definition) is 2. The molecule has 0 bridgehead atoms. The van der Waals surface area contributed by atoms with E-state index < -0.39 is 0 Å². The lowest BCUT2D eigenvalue weighted by Crippen LogP contribution is -2.07. The fraction of sp³-hybridized carbons (Fsp3) is 0.192. The lowest BCUT2D eigenvalue weighted by molar-refractivity contribution is -0.111. The SMILES string of the molecule is CCc1cccc2c1[nH]c1cc(NC(=O)/C=C/c3ccc(C(C)C)cc3)ccc12. The van der Waals surface area contributed by atoms with Crippen LogP contribution in [0.3, 0.4) is 0 Å². The summed E-state index contributed by atoms with van der Waals surface area (Å²) in [6.45, 7) is 6.51. The Labute approximate surface area is 171 Å². The van der Waals surface area contributed by atoms with Crippen LogP contribution in [-0.4, -0.2) is 10.9 Å². The molecule has 0 spiro atoms. The molecule has 3 heteroatoms. The van der Waals surface area contributed by atoms with Crippen molar-refractivity contribution in [3.63, 3.8) is 0 Å². The Morgan fingerprint density at radius 1 is 1.03 bits per heavy atom. The Morgan fingerprint density at radius 2 is 1.83 bits per heavy atom. The van der Waals surface area contributed by atoms with Crippen molar-refractivity contribution >= 4 is 39.5 Å². The number of anilines is 1. The molecule has 1 amide bonds. The zero-order valence-corrected chi connectivity index (χ0v) is 17.1. The van der Waals surface area contributed by atoms with Crippen LogP contribution < -0.4 is 5.32 Å². The fourth-order valence-corrected chi connectivity index (χ4v) is 3.71. The predicted octanol–water partition coefficient (Wildman–Crippen LogP) is 6.66. The van der Waals surface area contributed by atoms with E-state index in [1.165, 1.54) is 27.4 Å². The molecule has 2 N–H and O–H groups in total. The van der Waals surface area contributed by atoms with Crippen molar-refractivity contribution in [2.24, 2.45) is 0 Å². The molecule has 3 aromatic carbocycles. The Bertz CT molecular complexity index is 1200. The van der Waals surface area contributed by atoms with Crippen LogP contribution >= 0.6 is 0 Å². The summed E-state index contributed by atoms with van der Waals surface area (Å²) in [7, 11) is 0. The van der Waals surface area contributed by atoms with Gasteiger partial charge in [0.25, 0.3) is 0 Å². The molecule has 1 aromatic heterocycles. The van der Waals surface area contributed by atoms with E-state index in [1.54, 1.807) is 6.08 Å². The first-order valence-electron chi connectivity index (χ1n) is 10.2. The lowest BCUT2D eigenvalue weighted by Gasteiger charge is -2.05. The van der Waals surface area contributed by atoms with Gasteiger partial charge in [-0.2, -0.15) is 0 Å². The van der Waals surface area contributed by atoms with Crippen molar-refractivity contribution in [1.82, 2.24) is 4.98 Å².